The number of carbonyl (C=O) groups is 2. The van der Waals surface area contributed by atoms with Crippen LogP contribution in [0.15, 0.2) is 42.5 Å². The monoisotopic (exact) mass is 736 g/mol. The molecule has 0 bridgehead atoms. The summed E-state index contributed by atoms with van der Waals surface area (Å²) in [5, 5.41) is 18.0. The van der Waals surface area contributed by atoms with E-state index in [2.05, 4.69) is 20.3 Å². The number of hydrogen-bond acceptors (Lipinski definition) is 8. The molecule has 44 heavy (non-hydrogen) atoms. The molecule has 0 atom stereocenters. The molecule has 4 rings (SSSR count). The second kappa shape index (κ2) is 14.4. The zero-order valence-electron chi connectivity index (χ0n) is 22.0. The lowest BCUT2D eigenvalue weighted by Gasteiger charge is -2.26. The summed E-state index contributed by atoms with van der Waals surface area (Å²) in [5.41, 5.74) is 0.741. The van der Waals surface area contributed by atoms with Crippen molar-refractivity contribution in [2.24, 2.45) is 0 Å². The van der Waals surface area contributed by atoms with Crippen molar-refractivity contribution in [1.82, 2.24) is 25.0 Å². The van der Waals surface area contributed by atoms with Crippen LogP contribution in [0, 0.1) is 5.82 Å². The third kappa shape index (κ3) is 9.28. The minimum Gasteiger partial charge on any atom is -0.475 e. The number of alkyl halides is 6. The molecule has 0 saturated heterocycles. The summed E-state index contributed by atoms with van der Waals surface area (Å²) in [7, 11) is 0. The van der Waals surface area contributed by atoms with Crippen LogP contribution in [0.5, 0.6) is 5.19 Å². The molecule has 2 heterocycles. The van der Waals surface area contributed by atoms with Crippen molar-refractivity contribution in [3.8, 4) is 10.9 Å². The van der Waals surface area contributed by atoms with Gasteiger partial charge in [0, 0.05) is 16.8 Å². The van der Waals surface area contributed by atoms with E-state index < -0.39 is 45.1 Å². The van der Waals surface area contributed by atoms with E-state index in [1.165, 1.54) is 47.4 Å². The molecule has 1 N–H and O–H groups in total. The highest BCUT2D eigenvalue weighted by atomic mass is 35.6. The number of amides is 1. The highest BCUT2D eigenvalue weighted by molar-refractivity contribution is 7.13. The lowest BCUT2D eigenvalue weighted by Crippen LogP contribution is -2.40. The SMILES string of the molecule is CC(C)N(C(=O)COc1nnc(C(F)(F)F)s1)c1ccc(F)cc1.O=C(O)c1nc(C(Cl)(Cl)Cl)n(-c2ccc(Cl)cc2Cl)n1. The number of carbonyl (C=O) groups excluding carboxylic acids is 1. The summed E-state index contributed by atoms with van der Waals surface area (Å²) in [6.45, 7) is 2.98. The lowest BCUT2D eigenvalue weighted by molar-refractivity contribution is -0.138. The summed E-state index contributed by atoms with van der Waals surface area (Å²) in [6, 6.07) is 9.51. The maximum atomic E-state index is 13.0. The fourth-order valence-electron chi connectivity index (χ4n) is 3.31. The normalized spacial score (nSPS) is 11.6. The highest BCUT2D eigenvalue weighted by Crippen LogP contribution is 2.39. The van der Waals surface area contributed by atoms with Gasteiger partial charge in [-0.2, -0.15) is 13.2 Å². The predicted octanol–water partition coefficient (Wildman–Crippen LogP) is 7.62. The molecule has 0 aliphatic rings. The number of benzene rings is 2. The largest absolute Gasteiger partial charge is 0.475 e. The van der Waals surface area contributed by atoms with Crippen LogP contribution in [0.1, 0.15) is 35.3 Å². The van der Waals surface area contributed by atoms with Gasteiger partial charge >= 0.3 is 12.1 Å². The Kier molecular flexibility index (Phi) is 11.7. The molecular weight excluding hydrogens is 722 g/mol. The molecular formula is C24H17Cl5F4N6O4S. The Balaban J connectivity index is 0.000000244. The van der Waals surface area contributed by atoms with Crippen molar-refractivity contribution < 1.29 is 37.0 Å². The van der Waals surface area contributed by atoms with Gasteiger partial charge in [0.1, 0.15) is 5.82 Å². The van der Waals surface area contributed by atoms with Gasteiger partial charge in [-0.05, 0) is 56.3 Å². The predicted molar refractivity (Wildman–Crippen MR) is 157 cm³/mol. The topological polar surface area (TPSA) is 123 Å². The van der Waals surface area contributed by atoms with E-state index in [9.17, 15) is 27.2 Å². The summed E-state index contributed by atoms with van der Waals surface area (Å²) in [5.74, 6) is -3.01. The van der Waals surface area contributed by atoms with Crippen LogP contribution >= 0.6 is 69.3 Å². The third-order valence-corrected chi connectivity index (χ3v) is 6.97. The highest BCUT2D eigenvalue weighted by Gasteiger charge is 2.36. The molecule has 2 aromatic carbocycles. The number of halogens is 9. The van der Waals surface area contributed by atoms with Crippen molar-refractivity contribution >= 4 is 86.9 Å². The van der Waals surface area contributed by atoms with Crippen molar-refractivity contribution in [3.63, 3.8) is 0 Å². The van der Waals surface area contributed by atoms with Gasteiger partial charge in [-0.15, -0.1) is 10.2 Å². The average molecular weight is 739 g/mol. The number of hydrogen-bond donors (Lipinski definition) is 1. The first kappa shape index (κ1) is 35.5. The minimum absolute atomic E-state index is 0.191. The zero-order chi connectivity index (χ0) is 33.0. The first-order valence-corrected chi connectivity index (χ1v) is 14.4. The van der Waals surface area contributed by atoms with Crippen LogP contribution in [0.25, 0.3) is 5.69 Å². The van der Waals surface area contributed by atoms with Gasteiger partial charge in [0.15, 0.2) is 12.4 Å². The molecule has 0 saturated carbocycles. The standard InChI is InChI=1S/C14H13F4N3O2S.C10H4Cl5N3O2/c1-8(2)21(10-5-3-9(15)4-6-10)11(22)7-23-13-20-19-12(24-13)14(16,17)18;11-4-1-2-6(5(12)3-4)18-9(10(13,14)15)16-7(17-18)8(19)20/h3-6,8H,7H2,1-2H3;1-3H,(H,19,20). The van der Waals surface area contributed by atoms with E-state index in [-0.39, 0.29) is 39.1 Å². The van der Waals surface area contributed by atoms with Crippen LogP contribution in [0.4, 0.5) is 23.2 Å². The Hall–Kier alpha value is -2.95. The quantitative estimate of drug-likeness (QED) is 0.152. The van der Waals surface area contributed by atoms with Crippen LogP contribution in [-0.4, -0.2) is 54.6 Å². The molecule has 236 valence electrons. The number of nitrogens with zero attached hydrogens (tertiary/aromatic N) is 6. The molecule has 0 aliphatic heterocycles. The molecule has 0 unspecified atom stereocenters. The van der Waals surface area contributed by atoms with E-state index in [1.807, 2.05) is 0 Å². The first-order chi connectivity index (χ1) is 20.4. The Morgan fingerprint density at radius 3 is 2.20 bits per heavy atom. The molecule has 0 spiro atoms. The molecule has 2 aromatic heterocycles. The van der Waals surface area contributed by atoms with Gasteiger partial charge < -0.3 is 14.7 Å². The van der Waals surface area contributed by atoms with Crippen molar-refractivity contribution in [1.29, 1.82) is 0 Å². The van der Waals surface area contributed by atoms with Crippen molar-refractivity contribution in [2.45, 2.75) is 29.9 Å². The summed E-state index contributed by atoms with van der Waals surface area (Å²) < 4.78 is 54.4. The van der Waals surface area contributed by atoms with Crippen LogP contribution in [-0.2, 0) is 14.8 Å². The van der Waals surface area contributed by atoms with E-state index in [1.54, 1.807) is 13.8 Å². The smallest absolute Gasteiger partial charge is 0.445 e. The molecule has 0 fully saturated rings. The fourth-order valence-corrected chi connectivity index (χ4v) is 4.73. The maximum absolute atomic E-state index is 13.0. The first-order valence-electron chi connectivity index (χ1n) is 11.7. The van der Waals surface area contributed by atoms with E-state index in [0.717, 1.165) is 4.68 Å². The second-order valence-electron chi connectivity index (χ2n) is 8.56. The van der Waals surface area contributed by atoms with Gasteiger partial charge in [-0.25, -0.2) is 18.9 Å². The number of carboxylic acids is 1. The van der Waals surface area contributed by atoms with E-state index >= 15 is 0 Å². The number of anilines is 1. The number of aromatic carboxylic acids is 1. The van der Waals surface area contributed by atoms with Gasteiger partial charge in [-0.3, -0.25) is 4.79 Å². The van der Waals surface area contributed by atoms with Gasteiger partial charge in [0.2, 0.25) is 8.80 Å². The number of ether oxygens (including phenoxy) is 1. The van der Waals surface area contributed by atoms with Gasteiger partial charge in [0.05, 0.1) is 10.7 Å². The zero-order valence-corrected chi connectivity index (χ0v) is 26.6. The number of carboxylic acid groups (broad SMARTS) is 1. The van der Waals surface area contributed by atoms with Gasteiger partial charge in [0.25, 0.3) is 16.9 Å². The number of rotatable bonds is 7. The molecule has 4 aromatic rings. The third-order valence-electron chi connectivity index (χ3n) is 5.05. The summed E-state index contributed by atoms with van der Waals surface area (Å²) in [4.78, 5) is 28.3. The van der Waals surface area contributed by atoms with E-state index in [4.69, 9.17) is 67.8 Å². The van der Waals surface area contributed by atoms with Crippen molar-refractivity contribution in [3.05, 3.63) is 75.0 Å². The Morgan fingerprint density at radius 1 is 1.07 bits per heavy atom. The molecule has 1 amide bonds. The van der Waals surface area contributed by atoms with Gasteiger partial charge in [-0.1, -0.05) is 74.4 Å². The van der Waals surface area contributed by atoms with E-state index in [0.29, 0.717) is 10.7 Å². The van der Waals surface area contributed by atoms with Crippen LogP contribution in [0.2, 0.25) is 10.0 Å². The summed E-state index contributed by atoms with van der Waals surface area (Å²) in [6.07, 6.45) is -4.61. The minimum atomic E-state index is -4.61. The van der Waals surface area contributed by atoms with Crippen LogP contribution < -0.4 is 9.64 Å². The number of aromatic nitrogens is 5. The summed E-state index contributed by atoms with van der Waals surface area (Å²) >= 11 is 29.3. The Labute approximate surface area is 275 Å². The van der Waals surface area contributed by atoms with Crippen molar-refractivity contribution in [2.75, 3.05) is 11.5 Å². The Morgan fingerprint density at radius 2 is 1.70 bits per heavy atom. The molecule has 0 radical (unpaired) electrons. The van der Waals surface area contributed by atoms with Crippen LogP contribution in [0.3, 0.4) is 0 Å². The molecule has 20 heteroatoms. The molecule has 0 aliphatic carbocycles. The Bertz CT molecular complexity index is 1630. The lowest BCUT2D eigenvalue weighted by atomic mass is 10.2. The fraction of sp³-hybridized carbons (Fsp3) is 0.250. The second-order valence-corrected chi connectivity index (χ2v) is 12.6. The maximum Gasteiger partial charge on any atom is 0.445 e. The molecule has 10 nitrogen and oxygen atoms in total. The average Bonchev–Trinajstić information content (AvgIpc) is 3.57.